The molecule has 8 aliphatic carbocycles. The summed E-state index contributed by atoms with van der Waals surface area (Å²) in [7, 11) is 0. The molecule has 8 bridgehead atoms. The molecule has 3 heteroatoms. The first-order valence-corrected chi connectivity index (χ1v) is 24.7. The Labute approximate surface area is 371 Å². The number of phenols is 2. The molecule has 8 saturated carbocycles. The van der Waals surface area contributed by atoms with Crippen molar-refractivity contribution in [1.29, 1.82) is 0 Å². The number of rotatable bonds is 10. The van der Waals surface area contributed by atoms with Gasteiger partial charge in [0.1, 0.15) is 11.5 Å². The lowest BCUT2D eigenvalue weighted by Crippen LogP contribution is -2.48. The van der Waals surface area contributed by atoms with Crippen LogP contribution < -0.4 is 0 Å². The largest absolute Gasteiger partial charge is 0.507 e. The van der Waals surface area contributed by atoms with Crippen LogP contribution in [0.4, 0.5) is 0 Å². The van der Waals surface area contributed by atoms with Crippen LogP contribution in [0.5, 0.6) is 11.5 Å². The van der Waals surface area contributed by atoms with Gasteiger partial charge in [-0.2, -0.15) is 0 Å². The quantitative estimate of drug-likeness (QED) is 0.147. The summed E-state index contributed by atoms with van der Waals surface area (Å²) < 4.78 is 0. The lowest BCUT2D eigenvalue weighted by molar-refractivity contribution is -0.00631. The van der Waals surface area contributed by atoms with E-state index < -0.39 is 0 Å². The average molecular weight is 824 g/mol. The van der Waals surface area contributed by atoms with Gasteiger partial charge in [-0.15, -0.1) is 0 Å². The van der Waals surface area contributed by atoms with Crippen LogP contribution in [0.2, 0.25) is 0 Å². The Morgan fingerprint density at radius 2 is 0.774 bits per heavy atom. The summed E-state index contributed by atoms with van der Waals surface area (Å²) in [6.45, 7) is 14.0. The van der Waals surface area contributed by atoms with E-state index in [1.165, 1.54) is 99.3 Å². The van der Waals surface area contributed by atoms with Crippen LogP contribution in [-0.2, 0) is 21.7 Å². The lowest BCUT2D eigenvalue weighted by Gasteiger charge is -2.57. The predicted octanol–water partition coefficient (Wildman–Crippen LogP) is 15.5. The molecule has 8 fully saturated rings. The van der Waals surface area contributed by atoms with Gasteiger partial charge < -0.3 is 10.2 Å². The predicted molar refractivity (Wildman–Crippen MR) is 256 cm³/mol. The van der Waals surface area contributed by atoms with Gasteiger partial charge in [0.2, 0.25) is 0 Å². The third-order valence-electron chi connectivity index (χ3n) is 18.5. The molecule has 0 aliphatic heterocycles. The van der Waals surface area contributed by atoms with Crippen LogP contribution in [0.3, 0.4) is 0 Å². The number of aromatic hydroxyl groups is 2. The highest BCUT2D eigenvalue weighted by molar-refractivity contribution is 5.89. The molecule has 322 valence electrons. The van der Waals surface area contributed by atoms with E-state index in [4.69, 9.17) is 4.98 Å². The molecule has 0 amide bonds. The summed E-state index contributed by atoms with van der Waals surface area (Å²) >= 11 is 0. The molecule has 2 N–H and O–H groups in total. The number of phenolic OH excluding ortho intramolecular Hbond substituents is 2. The molecule has 0 spiro atoms. The number of hydrogen-bond acceptors (Lipinski definition) is 3. The Hall–Kier alpha value is -4.37. The normalized spacial score (nSPS) is 29.7. The van der Waals surface area contributed by atoms with Crippen molar-refractivity contribution in [2.24, 2.45) is 35.5 Å². The fraction of sp³-hybridized carbons (Fsp3) is 0.508. The molecule has 62 heavy (non-hydrogen) atoms. The van der Waals surface area contributed by atoms with E-state index in [0.717, 1.165) is 93.1 Å². The molecule has 0 atom stereocenters. The second kappa shape index (κ2) is 14.6. The SMILES string of the molecule is CCC(C)(C)c1cc(-c2ccccc2-c2cccc(-c3ccccc3-c3cc(C(C)(C)CC)cc(C45CC6CC(CC(C6)C4)C5)c3O)n2)c(O)c(C23CC4CC(CC(C4)C2)C3)c1. The minimum Gasteiger partial charge on any atom is -0.507 e. The number of pyridine rings is 1. The minimum atomic E-state index is -0.0267. The van der Waals surface area contributed by atoms with E-state index in [1.807, 2.05) is 0 Å². The molecular weight excluding hydrogens is 755 g/mol. The molecule has 0 radical (unpaired) electrons. The average Bonchev–Trinajstić information content (AvgIpc) is 3.25. The number of benzene rings is 4. The zero-order valence-electron chi connectivity index (χ0n) is 38.4. The molecule has 8 aliphatic rings. The van der Waals surface area contributed by atoms with Crippen LogP contribution in [0.15, 0.2) is 91.0 Å². The summed E-state index contributed by atoms with van der Waals surface area (Å²) in [6, 6.07) is 33.1. The summed E-state index contributed by atoms with van der Waals surface area (Å²) in [6.07, 6.45) is 17.6. The number of nitrogens with zero attached hydrogens (tertiary/aromatic N) is 1. The van der Waals surface area contributed by atoms with E-state index in [1.54, 1.807) is 0 Å². The van der Waals surface area contributed by atoms with Crippen LogP contribution >= 0.6 is 0 Å². The molecular formula is C59H69NO2. The van der Waals surface area contributed by atoms with Gasteiger partial charge in [0.25, 0.3) is 0 Å². The Morgan fingerprint density at radius 3 is 1.10 bits per heavy atom. The summed E-state index contributed by atoms with van der Waals surface area (Å²) in [5.41, 5.74) is 12.9. The standard InChI is InChI=1S/C59H69NO2/c1-7-56(3,4)42-26-48(54(61)50(28-42)58-30-36-20-37(31-58)22-38(21-36)32-58)44-14-9-11-16-46(44)52-18-13-19-53(60-52)47-17-12-10-15-45(47)49-27-43(57(5,6)8-2)29-51(55(49)62)59-33-39-23-40(34-59)25-41(24-39)35-59/h9-19,26-29,36-41,61-62H,7-8,20-25,30-35H2,1-6H3. The number of aromatic nitrogens is 1. The van der Waals surface area contributed by atoms with Gasteiger partial charge in [-0.1, -0.05) is 108 Å². The summed E-state index contributed by atoms with van der Waals surface area (Å²) in [5, 5.41) is 25.4. The Morgan fingerprint density at radius 1 is 0.452 bits per heavy atom. The maximum atomic E-state index is 12.7. The Kier molecular flexibility index (Phi) is 9.50. The second-order valence-corrected chi connectivity index (χ2v) is 23.2. The van der Waals surface area contributed by atoms with Crippen molar-refractivity contribution in [3.63, 3.8) is 0 Å². The molecule has 1 heterocycles. The van der Waals surface area contributed by atoms with Gasteiger partial charge in [0.05, 0.1) is 11.4 Å². The van der Waals surface area contributed by atoms with E-state index >= 15 is 0 Å². The second-order valence-electron chi connectivity index (χ2n) is 23.2. The zero-order valence-corrected chi connectivity index (χ0v) is 38.4. The molecule has 1 aromatic heterocycles. The third kappa shape index (κ3) is 6.52. The highest BCUT2D eigenvalue weighted by atomic mass is 16.3. The zero-order chi connectivity index (χ0) is 42.8. The lowest BCUT2D eigenvalue weighted by atomic mass is 9.47. The molecule has 13 rings (SSSR count). The van der Waals surface area contributed by atoms with E-state index in [9.17, 15) is 10.2 Å². The highest BCUT2D eigenvalue weighted by Crippen LogP contribution is 2.64. The molecule has 5 aromatic rings. The monoisotopic (exact) mass is 824 g/mol. The Bertz CT molecular complexity index is 2310. The van der Waals surface area contributed by atoms with Crippen molar-refractivity contribution in [2.75, 3.05) is 0 Å². The molecule has 0 unspecified atom stereocenters. The summed E-state index contributed by atoms with van der Waals surface area (Å²) in [5.74, 6) is 5.72. The smallest absolute Gasteiger partial charge is 0.127 e. The third-order valence-corrected chi connectivity index (χ3v) is 18.5. The van der Waals surface area contributed by atoms with Gasteiger partial charge in [-0.3, -0.25) is 0 Å². The maximum absolute atomic E-state index is 12.7. The van der Waals surface area contributed by atoms with Crippen LogP contribution in [0.1, 0.15) is 154 Å². The van der Waals surface area contributed by atoms with E-state index in [0.29, 0.717) is 11.5 Å². The Balaban J connectivity index is 1.03. The van der Waals surface area contributed by atoms with Crippen molar-refractivity contribution in [3.05, 3.63) is 113 Å². The van der Waals surface area contributed by atoms with Crippen LogP contribution in [-0.4, -0.2) is 15.2 Å². The van der Waals surface area contributed by atoms with Crippen molar-refractivity contribution in [3.8, 4) is 56.3 Å². The van der Waals surface area contributed by atoms with Gasteiger partial charge in [-0.25, -0.2) is 4.98 Å². The first kappa shape index (κ1) is 40.4. The van der Waals surface area contributed by atoms with Gasteiger partial charge >= 0.3 is 0 Å². The van der Waals surface area contributed by atoms with Crippen molar-refractivity contribution in [1.82, 2.24) is 4.98 Å². The molecule has 0 saturated heterocycles. The molecule has 3 nitrogen and oxygen atoms in total. The topological polar surface area (TPSA) is 53.4 Å². The van der Waals surface area contributed by atoms with Crippen molar-refractivity contribution >= 4 is 0 Å². The van der Waals surface area contributed by atoms with Gasteiger partial charge in [0.15, 0.2) is 0 Å². The van der Waals surface area contributed by atoms with Gasteiger partial charge in [0, 0.05) is 33.4 Å². The fourth-order valence-corrected chi connectivity index (χ4v) is 15.2. The molecule has 4 aromatic carbocycles. The first-order valence-electron chi connectivity index (χ1n) is 24.7. The van der Waals surface area contributed by atoms with E-state index in [2.05, 4.69) is 133 Å². The van der Waals surface area contributed by atoms with Crippen molar-refractivity contribution < 1.29 is 10.2 Å². The summed E-state index contributed by atoms with van der Waals surface area (Å²) in [4.78, 5) is 5.51. The van der Waals surface area contributed by atoms with Crippen molar-refractivity contribution in [2.45, 2.75) is 153 Å². The minimum absolute atomic E-state index is 0.0267. The van der Waals surface area contributed by atoms with Crippen LogP contribution in [0, 0.1) is 35.5 Å². The fourth-order valence-electron chi connectivity index (χ4n) is 15.2. The highest BCUT2D eigenvalue weighted by Gasteiger charge is 2.54. The van der Waals surface area contributed by atoms with E-state index in [-0.39, 0.29) is 21.7 Å². The van der Waals surface area contributed by atoms with Gasteiger partial charge in [-0.05, 0) is 194 Å². The first-order chi connectivity index (χ1) is 29.8. The van der Waals surface area contributed by atoms with Crippen LogP contribution in [0.25, 0.3) is 44.8 Å². The maximum Gasteiger partial charge on any atom is 0.127 e. The number of hydrogen-bond donors (Lipinski definition) is 2.